The van der Waals surface area contributed by atoms with E-state index in [4.69, 9.17) is 56.8 Å². The summed E-state index contributed by atoms with van der Waals surface area (Å²) in [5.74, 6) is -2.67. The molecule has 0 amide bonds. The molecule has 2 rings (SSSR count). The summed E-state index contributed by atoms with van der Waals surface area (Å²) in [5.41, 5.74) is 0. The number of carbonyl (C=O) groups excluding carboxylic acids is 4. The highest BCUT2D eigenvalue weighted by molar-refractivity contribution is 5.68. The number of hydrogen-bond acceptors (Lipinski definition) is 16. The molecule has 5 atom stereocenters. The van der Waals surface area contributed by atoms with Crippen LogP contribution < -0.4 is 28.5 Å². The summed E-state index contributed by atoms with van der Waals surface area (Å²) in [7, 11) is 1.63. The highest BCUT2D eigenvalue weighted by Crippen LogP contribution is 2.34. The lowest BCUT2D eigenvalue weighted by Crippen LogP contribution is -3.00. The number of methoxy groups -OCH3 is 1. The van der Waals surface area contributed by atoms with E-state index in [0.29, 0.717) is 92.4 Å². The van der Waals surface area contributed by atoms with E-state index >= 15 is 0 Å². The number of carbonyl (C=O) groups is 4. The second-order valence-corrected chi connectivity index (χ2v) is 10.9. The Kier molecular flexibility index (Phi) is 25.6. The summed E-state index contributed by atoms with van der Waals surface area (Å²) in [6, 6.07) is 0. The van der Waals surface area contributed by atoms with Crippen LogP contribution in [-0.4, -0.2) is 152 Å². The van der Waals surface area contributed by atoms with Crippen molar-refractivity contribution in [3.8, 4) is 0 Å². The Labute approximate surface area is 315 Å². The van der Waals surface area contributed by atoms with E-state index in [9.17, 15) is 19.2 Å². The number of nitrogens with zero attached hydrogens (tertiary/aromatic N) is 2. The van der Waals surface area contributed by atoms with Gasteiger partial charge in [-0.05, 0) is 0 Å². The quantitative estimate of drug-likeness (QED) is 0.0283. The predicted molar refractivity (Wildman–Crippen MR) is 169 cm³/mol. The highest BCUT2D eigenvalue weighted by atomic mass is 127. The molecule has 294 valence electrons. The molecule has 19 heteroatoms. The molecule has 0 N–H and O–H groups in total. The average Bonchev–Trinajstić information content (AvgIpc) is 3.53. The first-order chi connectivity index (χ1) is 24.1. The molecule has 1 saturated heterocycles. The maximum absolute atomic E-state index is 12.1. The van der Waals surface area contributed by atoms with E-state index in [2.05, 4.69) is 0 Å². The van der Waals surface area contributed by atoms with Crippen molar-refractivity contribution in [1.82, 2.24) is 4.57 Å². The van der Waals surface area contributed by atoms with Gasteiger partial charge in [0.25, 0.3) is 0 Å². The van der Waals surface area contributed by atoms with Gasteiger partial charge in [0.05, 0.1) is 85.9 Å². The Bertz CT molecular complexity index is 1120. The van der Waals surface area contributed by atoms with Gasteiger partial charge in [0.15, 0.2) is 12.2 Å². The molecule has 51 heavy (non-hydrogen) atoms. The van der Waals surface area contributed by atoms with Crippen LogP contribution in [0.15, 0.2) is 18.7 Å². The first-order valence-corrected chi connectivity index (χ1v) is 16.4. The predicted octanol–water partition coefficient (Wildman–Crippen LogP) is -3.22. The van der Waals surface area contributed by atoms with Crippen LogP contribution in [0.1, 0.15) is 33.9 Å². The van der Waals surface area contributed by atoms with E-state index in [1.54, 1.807) is 30.4 Å². The summed E-state index contributed by atoms with van der Waals surface area (Å²) < 4.78 is 68.9. The molecule has 1 aromatic heterocycles. The van der Waals surface area contributed by atoms with Gasteiger partial charge in [-0.15, -0.1) is 0 Å². The van der Waals surface area contributed by atoms with E-state index in [1.165, 1.54) is 27.7 Å². The van der Waals surface area contributed by atoms with Gasteiger partial charge >= 0.3 is 23.9 Å². The molecule has 0 aliphatic carbocycles. The summed E-state index contributed by atoms with van der Waals surface area (Å²) in [5, 5.41) is 0. The van der Waals surface area contributed by atoms with Gasteiger partial charge in [0.1, 0.15) is 31.6 Å². The standard InChI is InChI=1S/C32H53N2O16.HI/c1-24(35)46-22-28-29(47-25(2)36)30(48-26(3)37)31(49-27(4)38)32(50-28)34-7-6-33(23-34)8-9-40-12-13-42-16-17-44-20-21-45-19-18-43-15-14-41-11-10-39-5;/h6-7,23,28-32H,8-22H2,1-5H3;1H/q+1;/p-1/t28-,29-,30+,31-,32-;/m1./s1. The summed E-state index contributed by atoms with van der Waals surface area (Å²) >= 11 is 0. The van der Waals surface area contributed by atoms with E-state index < -0.39 is 54.5 Å². The lowest BCUT2D eigenvalue weighted by Gasteiger charge is -2.42. The average molecular weight is 849 g/mol. The van der Waals surface area contributed by atoms with Crippen LogP contribution in [-0.2, 0) is 82.6 Å². The molecule has 0 spiro atoms. The molecule has 1 fully saturated rings. The van der Waals surface area contributed by atoms with Gasteiger partial charge in [-0.1, -0.05) is 0 Å². The van der Waals surface area contributed by atoms with Crippen molar-refractivity contribution in [2.24, 2.45) is 0 Å². The van der Waals surface area contributed by atoms with Crippen molar-refractivity contribution in [3.05, 3.63) is 18.7 Å². The molecule has 2 heterocycles. The zero-order chi connectivity index (χ0) is 36.6. The van der Waals surface area contributed by atoms with Crippen molar-refractivity contribution in [2.45, 2.75) is 64.9 Å². The molecule has 0 saturated carbocycles. The molecule has 0 radical (unpaired) electrons. The topological polar surface area (TPSA) is 188 Å². The first-order valence-electron chi connectivity index (χ1n) is 16.4. The Morgan fingerprint density at radius 3 is 1.49 bits per heavy atom. The van der Waals surface area contributed by atoms with Crippen molar-refractivity contribution >= 4 is 23.9 Å². The zero-order valence-electron chi connectivity index (χ0n) is 30.0. The maximum atomic E-state index is 12.1. The van der Waals surface area contributed by atoms with Gasteiger partial charge in [-0.3, -0.25) is 19.2 Å². The monoisotopic (exact) mass is 848 g/mol. The maximum Gasteiger partial charge on any atom is 0.303 e. The largest absolute Gasteiger partial charge is 1.00 e. The van der Waals surface area contributed by atoms with Crippen LogP contribution in [0.5, 0.6) is 0 Å². The molecule has 0 unspecified atom stereocenters. The SMILES string of the molecule is COCCOCCOCCOCCOCCOCCOCC[n+]1ccn([C@@H]2O[C@H](COC(C)=O)[C@@H](OC(C)=O)[C@H](OC(C)=O)[C@H]2OC(C)=O)c1.[I-]. The van der Waals surface area contributed by atoms with Crippen molar-refractivity contribution in [1.29, 1.82) is 0 Å². The number of imidazole rings is 1. The van der Waals surface area contributed by atoms with Crippen molar-refractivity contribution in [2.75, 3.05) is 99.6 Å². The van der Waals surface area contributed by atoms with Crippen LogP contribution in [0.25, 0.3) is 0 Å². The van der Waals surface area contributed by atoms with E-state index in [0.717, 1.165) is 0 Å². The van der Waals surface area contributed by atoms with Crippen LogP contribution in [0.3, 0.4) is 0 Å². The number of hydrogen-bond donors (Lipinski definition) is 0. The normalized spacial score (nSPS) is 19.9. The lowest BCUT2D eigenvalue weighted by atomic mass is 9.97. The van der Waals surface area contributed by atoms with Crippen molar-refractivity contribution < 1.29 is 105 Å². The zero-order valence-corrected chi connectivity index (χ0v) is 32.2. The molecule has 1 aromatic rings. The molecular formula is C32H53IN2O16. The van der Waals surface area contributed by atoms with Gasteiger partial charge in [0.2, 0.25) is 18.7 Å². The third-order valence-corrected chi connectivity index (χ3v) is 6.76. The second kappa shape index (κ2) is 28.1. The summed E-state index contributed by atoms with van der Waals surface area (Å²) in [6.45, 7) is 10.9. The minimum Gasteiger partial charge on any atom is -1.00 e. The smallest absolute Gasteiger partial charge is 0.303 e. The summed E-state index contributed by atoms with van der Waals surface area (Å²) in [6.07, 6.45) is -0.656. The number of esters is 4. The minimum atomic E-state index is -1.26. The summed E-state index contributed by atoms with van der Waals surface area (Å²) in [4.78, 5) is 47.7. The molecule has 1 aliphatic heterocycles. The van der Waals surface area contributed by atoms with Crippen LogP contribution in [0.2, 0.25) is 0 Å². The van der Waals surface area contributed by atoms with Gasteiger partial charge in [-0.25, -0.2) is 9.13 Å². The fourth-order valence-corrected chi connectivity index (χ4v) is 4.65. The van der Waals surface area contributed by atoms with E-state index in [-0.39, 0.29) is 30.6 Å². The van der Waals surface area contributed by atoms with Crippen LogP contribution >= 0.6 is 0 Å². The lowest BCUT2D eigenvalue weighted by molar-refractivity contribution is -0.698. The molecule has 18 nitrogen and oxygen atoms in total. The van der Waals surface area contributed by atoms with E-state index in [1.807, 2.05) is 4.57 Å². The fraction of sp³-hybridized carbons (Fsp3) is 0.781. The number of rotatable bonds is 27. The Balaban J connectivity index is 0.0000130. The number of halogens is 1. The molecule has 1 aliphatic rings. The fourth-order valence-electron chi connectivity index (χ4n) is 4.65. The van der Waals surface area contributed by atoms with Gasteiger partial charge in [-0.2, -0.15) is 0 Å². The Morgan fingerprint density at radius 1 is 0.608 bits per heavy atom. The molecular weight excluding hydrogens is 795 g/mol. The highest BCUT2D eigenvalue weighted by Gasteiger charge is 2.54. The minimum absolute atomic E-state index is 0. The van der Waals surface area contributed by atoms with Gasteiger partial charge in [0, 0.05) is 34.8 Å². The molecule has 0 aromatic carbocycles. The van der Waals surface area contributed by atoms with Crippen molar-refractivity contribution in [3.63, 3.8) is 0 Å². The Morgan fingerprint density at radius 2 is 1.04 bits per heavy atom. The Hall–Kier alpha value is -2.50. The number of ether oxygens (including phenoxy) is 12. The number of aromatic nitrogens is 2. The second-order valence-electron chi connectivity index (χ2n) is 10.9. The third kappa shape index (κ3) is 20.4. The third-order valence-electron chi connectivity index (χ3n) is 6.76. The first kappa shape index (κ1) is 46.5. The van der Waals surface area contributed by atoms with Gasteiger partial charge < -0.3 is 80.8 Å². The van der Waals surface area contributed by atoms with Crippen LogP contribution in [0, 0.1) is 0 Å². The molecule has 0 bridgehead atoms. The van der Waals surface area contributed by atoms with Crippen LogP contribution in [0.4, 0.5) is 0 Å².